The van der Waals surface area contributed by atoms with Crippen molar-refractivity contribution in [2.45, 2.75) is 31.6 Å². The van der Waals surface area contributed by atoms with Crippen LogP contribution in [0.3, 0.4) is 0 Å². The number of β-amino-alcohol motifs (C(OH)–C–C–N with tert-alkyl or cyclic N) is 1. The fourth-order valence-corrected chi connectivity index (χ4v) is 3.18. The molecule has 1 saturated heterocycles. The molecule has 2 N–H and O–H groups in total. The van der Waals surface area contributed by atoms with Gasteiger partial charge in [-0.1, -0.05) is 54.1 Å². The molecule has 148 valence electrons. The third kappa shape index (κ3) is 5.55. The lowest BCUT2D eigenvalue weighted by Gasteiger charge is -2.18. The smallest absolute Gasteiger partial charge is 0.324 e. The van der Waals surface area contributed by atoms with Crippen molar-refractivity contribution in [1.82, 2.24) is 10.2 Å². The van der Waals surface area contributed by atoms with Crippen LogP contribution in [0.5, 0.6) is 0 Å². The second-order valence-corrected chi connectivity index (χ2v) is 7.21. The van der Waals surface area contributed by atoms with Gasteiger partial charge in [-0.15, -0.1) is 0 Å². The second kappa shape index (κ2) is 9.68. The number of carbonyl (C=O) groups excluding carboxylic acids is 2. The first-order valence-electron chi connectivity index (χ1n) is 9.19. The number of rotatable bonds is 9. The van der Waals surface area contributed by atoms with Crippen LogP contribution in [0.15, 0.2) is 54.6 Å². The molecule has 1 fully saturated rings. The topological polar surface area (TPSA) is 78.9 Å². The highest BCUT2D eigenvalue weighted by atomic mass is 35.5. The van der Waals surface area contributed by atoms with Crippen molar-refractivity contribution >= 4 is 23.5 Å². The van der Waals surface area contributed by atoms with Crippen LogP contribution in [0.2, 0.25) is 5.02 Å². The van der Waals surface area contributed by atoms with Gasteiger partial charge in [0.05, 0.1) is 25.9 Å². The molecule has 0 aromatic heterocycles. The first-order valence-corrected chi connectivity index (χ1v) is 9.57. The van der Waals surface area contributed by atoms with Crippen LogP contribution in [0.25, 0.3) is 0 Å². The molecule has 3 rings (SSSR count). The largest absolute Gasteiger partial charge is 0.389 e. The van der Waals surface area contributed by atoms with Gasteiger partial charge in [-0.2, -0.15) is 0 Å². The molecule has 0 bridgehead atoms. The summed E-state index contributed by atoms with van der Waals surface area (Å²) in [5, 5.41) is 13.5. The van der Waals surface area contributed by atoms with Crippen molar-refractivity contribution in [2.75, 3.05) is 13.2 Å². The number of nitrogens with one attached hydrogen (secondary N) is 1. The summed E-state index contributed by atoms with van der Waals surface area (Å²) in [5.74, 6) is -0.308. The lowest BCUT2D eigenvalue weighted by atomic mass is 10.1. The molecule has 2 aromatic carbocycles. The summed E-state index contributed by atoms with van der Waals surface area (Å²) in [7, 11) is 0. The quantitative estimate of drug-likeness (QED) is 0.632. The van der Waals surface area contributed by atoms with Gasteiger partial charge in [0.25, 0.3) is 5.91 Å². The van der Waals surface area contributed by atoms with Crippen molar-refractivity contribution in [1.29, 1.82) is 0 Å². The fraction of sp³-hybridized carbons (Fsp3) is 0.333. The van der Waals surface area contributed by atoms with E-state index in [1.807, 2.05) is 42.5 Å². The van der Waals surface area contributed by atoms with E-state index < -0.39 is 18.2 Å². The van der Waals surface area contributed by atoms with E-state index in [1.54, 1.807) is 12.1 Å². The molecular weight excluding hydrogens is 380 g/mol. The third-order valence-corrected chi connectivity index (χ3v) is 4.81. The third-order valence-electron chi connectivity index (χ3n) is 4.56. The molecule has 2 atom stereocenters. The van der Waals surface area contributed by atoms with Crippen LogP contribution in [-0.2, 0) is 22.6 Å². The van der Waals surface area contributed by atoms with E-state index in [-0.39, 0.29) is 19.1 Å². The van der Waals surface area contributed by atoms with Crippen molar-refractivity contribution < 1.29 is 19.4 Å². The van der Waals surface area contributed by atoms with Crippen LogP contribution in [0.4, 0.5) is 4.79 Å². The number of benzene rings is 2. The van der Waals surface area contributed by atoms with E-state index >= 15 is 0 Å². The molecular formula is C21H23ClN2O4. The van der Waals surface area contributed by atoms with Crippen molar-refractivity contribution in [3.05, 3.63) is 70.7 Å². The maximum absolute atomic E-state index is 12.5. The van der Waals surface area contributed by atoms with Gasteiger partial charge in [0, 0.05) is 5.02 Å². The minimum atomic E-state index is -0.949. The Hall–Kier alpha value is -2.41. The second-order valence-electron chi connectivity index (χ2n) is 6.77. The number of imide groups is 1. The van der Waals surface area contributed by atoms with E-state index in [0.717, 1.165) is 16.0 Å². The van der Waals surface area contributed by atoms with Gasteiger partial charge < -0.3 is 15.2 Å². The summed E-state index contributed by atoms with van der Waals surface area (Å²) < 4.78 is 5.47. The predicted molar refractivity (Wildman–Crippen MR) is 106 cm³/mol. The number of nitrogens with zero attached hydrogens (tertiary/aromatic N) is 1. The van der Waals surface area contributed by atoms with Gasteiger partial charge in [-0.25, -0.2) is 4.79 Å². The summed E-state index contributed by atoms with van der Waals surface area (Å²) in [5.41, 5.74) is 2.03. The average molecular weight is 403 g/mol. The Labute approximate surface area is 169 Å². The number of halogens is 1. The number of hydrogen-bond acceptors (Lipinski definition) is 4. The zero-order valence-corrected chi connectivity index (χ0v) is 16.1. The zero-order valence-electron chi connectivity index (χ0n) is 15.4. The molecule has 7 heteroatoms. The van der Waals surface area contributed by atoms with E-state index in [1.165, 1.54) is 0 Å². The van der Waals surface area contributed by atoms with Crippen LogP contribution in [-0.4, -0.2) is 47.2 Å². The van der Waals surface area contributed by atoms with E-state index in [2.05, 4.69) is 5.32 Å². The minimum Gasteiger partial charge on any atom is -0.389 e. The number of aliphatic hydroxyl groups excluding tert-OH is 1. The summed E-state index contributed by atoms with van der Waals surface area (Å²) in [6.45, 7) is 0.246. The van der Waals surface area contributed by atoms with Crippen LogP contribution in [0.1, 0.15) is 17.5 Å². The molecule has 1 heterocycles. The summed E-state index contributed by atoms with van der Waals surface area (Å²) in [6.07, 6.45) is 0.265. The molecule has 6 nitrogen and oxygen atoms in total. The highest BCUT2D eigenvalue weighted by Crippen LogP contribution is 2.14. The van der Waals surface area contributed by atoms with Gasteiger partial charge in [-0.05, 0) is 36.1 Å². The molecule has 0 spiro atoms. The first-order chi connectivity index (χ1) is 13.5. The Morgan fingerprint density at radius 1 is 1.07 bits per heavy atom. The molecule has 2 unspecified atom stereocenters. The molecule has 1 aliphatic heterocycles. The Balaban J connectivity index is 1.43. The molecule has 1 aliphatic rings. The number of amides is 3. The average Bonchev–Trinajstić information content (AvgIpc) is 2.96. The molecule has 3 amide bonds. The maximum atomic E-state index is 12.5. The highest BCUT2D eigenvalue weighted by molar-refractivity contribution is 6.30. The Bertz CT molecular complexity index is 798. The van der Waals surface area contributed by atoms with Gasteiger partial charge in [0.1, 0.15) is 6.04 Å². The number of ether oxygens (including phenoxy) is 1. The number of hydrogen-bond donors (Lipinski definition) is 2. The lowest BCUT2D eigenvalue weighted by molar-refractivity contribution is -0.129. The monoisotopic (exact) mass is 402 g/mol. The van der Waals surface area contributed by atoms with Gasteiger partial charge >= 0.3 is 6.03 Å². The van der Waals surface area contributed by atoms with E-state index in [0.29, 0.717) is 24.5 Å². The normalized spacial score (nSPS) is 17.6. The standard InChI is InChI=1S/C21H23ClN2O4/c22-17-9-6-16(7-10-17)13-28-14-18(25)12-24-20(26)19(23-21(24)27)11-8-15-4-2-1-3-5-15/h1-7,9-10,18-19,25H,8,11-14H2,(H,23,27). The van der Waals surface area contributed by atoms with Crippen LogP contribution in [0, 0.1) is 0 Å². The van der Waals surface area contributed by atoms with E-state index in [9.17, 15) is 14.7 Å². The Kier molecular flexibility index (Phi) is 7.03. The van der Waals surface area contributed by atoms with Crippen LogP contribution < -0.4 is 5.32 Å². The van der Waals surface area contributed by atoms with Crippen LogP contribution >= 0.6 is 11.6 Å². The molecule has 28 heavy (non-hydrogen) atoms. The van der Waals surface area contributed by atoms with Gasteiger partial charge in [-0.3, -0.25) is 9.69 Å². The molecule has 0 saturated carbocycles. The fourth-order valence-electron chi connectivity index (χ4n) is 3.06. The summed E-state index contributed by atoms with van der Waals surface area (Å²) in [4.78, 5) is 25.6. The number of urea groups is 1. The highest BCUT2D eigenvalue weighted by Gasteiger charge is 2.38. The predicted octanol–water partition coefficient (Wildman–Crippen LogP) is 2.77. The summed E-state index contributed by atoms with van der Waals surface area (Å²) in [6, 6.07) is 16.0. The van der Waals surface area contributed by atoms with Gasteiger partial charge in [0.2, 0.25) is 0 Å². The summed E-state index contributed by atoms with van der Waals surface area (Å²) >= 11 is 5.83. The van der Waals surface area contributed by atoms with Crippen molar-refractivity contribution in [3.63, 3.8) is 0 Å². The number of carbonyl (C=O) groups is 2. The molecule has 2 aromatic rings. The zero-order chi connectivity index (χ0) is 19.9. The Morgan fingerprint density at radius 3 is 2.50 bits per heavy atom. The lowest BCUT2D eigenvalue weighted by Crippen LogP contribution is -2.39. The SMILES string of the molecule is O=C1NC(CCc2ccccc2)C(=O)N1CC(O)COCc1ccc(Cl)cc1. The molecule has 0 radical (unpaired) electrons. The Morgan fingerprint density at radius 2 is 1.79 bits per heavy atom. The minimum absolute atomic E-state index is 0.0222. The molecule has 0 aliphatic carbocycles. The van der Waals surface area contributed by atoms with Crippen molar-refractivity contribution in [3.8, 4) is 0 Å². The number of aryl methyl sites for hydroxylation is 1. The van der Waals surface area contributed by atoms with Crippen molar-refractivity contribution in [2.24, 2.45) is 0 Å². The maximum Gasteiger partial charge on any atom is 0.324 e. The number of aliphatic hydroxyl groups is 1. The van der Waals surface area contributed by atoms with E-state index in [4.69, 9.17) is 16.3 Å². The van der Waals surface area contributed by atoms with Gasteiger partial charge in [0.15, 0.2) is 0 Å². The first kappa shape index (κ1) is 20.3.